The molecule has 8 nitrogen and oxygen atoms in total. The van der Waals surface area contributed by atoms with E-state index in [0.29, 0.717) is 6.61 Å². The van der Waals surface area contributed by atoms with Crippen molar-refractivity contribution in [3.05, 3.63) is 28.3 Å². The average Bonchev–Trinajstić information content (AvgIpc) is 2.38. The number of benzene rings is 1. The monoisotopic (exact) mass is 303 g/mol. The van der Waals surface area contributed by atoms with E-state index in [2.05, 4.69) is 0 Å². The highest BCUT2D eigenvalue weighted by molar-refractivity contribution is 7.89. The lowest BCUT2D eigenvalue weighted by Crippen LogP contribution is -2.30. The van der Waals surface area contributed by atoms with Gasteiger partial charge in [-0.25, -0.2) is 8.42 Å². The van der Waals surface area contributed by atoms with Crippen molar-refractivity contribution in [2.45, 2.75) is 11.8 Å². The molecule has 112 valence electrons. The number of anilines is 1. The van der Waals surface area contributed by atoms with Crippen LogP contribution in [-0.4, -0.2) is 44.5 Å². The third kappa shape index (κ3) is 3.65. The lowest BCUT2D eigenvalue weighted by atomic mass is 10.3. The summed E-state index contributed by atoms with van der Waals surface area (Å²) in [5.41, 5.74) is 5.16. The third-order valence-corrected chi connectivity index (χ3v) is 4.51. The van der Waals surface area contributed by atoms with Crippen LogP contribution in [0.1, 0.15) is 6.92 Å². The number of sulfonamides is 1. The molecule has 0 unspecified atom stereocenters. The van der Waals surface area contributed by atoms with Gasteiger partial charge in [0, 0.05) is 32.0 Å². The Labute approximate surface area is 117 Å². The molecule has 0 heterocycles. The number of hydrogen-bond donors (Lipinski definition) is 1. The van der Waals surface area contributed by atoms with Crippen LogP contribution < -0.4 is 5.73 Å². The standard InChI is InChI=1S/C11H17N3O5S/c1-3-19-7-6-13(2)20(17,18)11-8-9(12)4-5-10(11)14(15)16/h4-5,8H,3,6-7,12H2,1-2H3. The van der Waals surface area contributed by atoms with E-state index in [1.165, 1.54) is 13.1 Å². The fourth-order valence-electron chi connectivity index (χ4n) is 1.51. The van der Waals surface area contributed by atoms with E-state index in [0.717, 1.165) is 16.4 Å². The van der Waals surface area contributed by atoms with Crippen LogP contribution in [0.2, 0.25) is 0 Å². The Morgan fingerprint density at radius 1 is 1.45 bits per heavy atom. The van der Waals surface area contributed by atoms with Crippen molar-refractivity contribution in [3.8, 4) is 0 Å². The molecule has 9 heteroatoms. The molecule has 0 bridgehead atoms. The molecule has 1 rings (SSSR count). The van der Waals surface area contributed by atoms with E-state index in [1.54, 1.807) is 6.92 Å². The highest BCUT2D eigenvalue weighted by Gasteiger charge is 2.29. The number of likely N-dealkylation sites (N-methyl/N-ethyl adjacent to an activating group) is 1. The first kappa shape index (κ1) is 16.3. The van der Waals surface area contributed by atoms with Crippen LogP contribution >= 0.6 is 0 Å². The van der Waals surface area contributed by atoms with Crippen LogP contribution in [0, 0.1) is 10.1 Å². The Morgan fingerprint density at radius 3 is 2.65 bits per heavy atom. The van der Waals surface area contributed by atoms with Gasteiger partial charge in [-0.15, -0.1) is 0 Å². The van der Waals surface area contributed by atoms with Gasteiger partial charge >= 0.3 is 0 Å². The van der Waals surface area contributed by atoms with Crippen molar-refractivity contribution in [1.82, 2.24) is 4.31 Å². The fourth-order valence-corrected chi connectivity index (χ4v) is 2.86. The zero-order valence-corrected chi connectivity index (χ0v) is 12.1. The number of nitrogens with two attached hydrogens (primary N) is 1. The van der Waals surface area contributed by atoms with Crippen LogP contribution in [-0.2, 0) is 14.8 Å². The van der Waals surface area contributed by atoms with E-state index >= 15 is 0 Å². The summed E-state index contributed by atoms with van der Waals surface area (Å²) in [6, 6.07) is 3.46. The van der Waals surface area contributed by atoms with Crippen molar-refractivity contribution in [1.29, 1.82) is 0 Å². The summed E-state index contributed by atoms with van der Waals surface area (Å²) in [7, 11) is -2.65. The second-order valence-electron chi connectivity index (χ2n) is 4.01. The first-order valence-corrected chi connectivity index (χ1v) is 7.32. The number of nitro groups is 1. The lowest BCUT2D eigenvalue weighted by molar-refractivity contribution is -0.387. The summed E-state index contributed by atoms with van der Waals surface area (Å²) < 4.78 is 30.7. The van der Waals surface area contributed by atoms with Crippen molar-refractivity contribution in [2.24, 2.45) is 0 Å². The van der Waals surface area contributed by atoms with Crippen LogP contribution in [0.4, 0.5) is 11.4 Å². The average molecular weight is 303 g/mol. The quantitative estimate of drug-likeness (QED) is 0.345. The molecule has 0 radical (unpaired) electrons. The fraction of sp³-hybridized carbons (Fsp3) is 0.455. The number of nitrogen functional groups attached to an aromatic ring is 1. The molecule has 0 fully saturated rings. The summed E-state index contributed by atoms with van der Waals surface area (Å²) >= 11 is 0. The third-order valence-electron chi connectivity index (χ3n) is 2.62. The molecule has 0 saturated heterocycles. The molecule has 0 saturated carbocycles. The van der Waals surface area contributed by atoms with E-state index in [1.807, 2.05) is 0 Å². The lowest BCUT2D eigenvalue weighted by Gasteiger charge is -2.17. The Kier molecular flexibility index (Phi) is 5.43. The topological polar surface area (TPSA) is 116 Å². The van der Waals surface area contributed by atoms with Gasteiger partial charge in [0.2, 0.25) is 10.0 Å². The van der Waals surface area contributed by atoms with Gasteiger partial charge in [-0.05, 0) is 19.1 Å². The molecular formula is C11H17N3O5S. The Balaban J connectivity index is 3.14. The first-order valence-electron chi connectivity index (χ1n) is 5.88. The molecule has 0 spiro atoms. The van der Waals surface area contributed by atoms with E-state index in [-0.39, 0.29) is 18.8 Å². The van der Waals surface area contributed by atoms with Gasteiger partial charge in [-0.2, -0.15) is 4.31 Å². The van der Waals surface area contributed by atoms with Gasteiger partial charge in [0.15, 0.2) is 4.90 Å². The molecule has 20 heavy (non-hydrogen) atoms. The first-order chi connectivity index (χ1) is 9.30. The smallest absolute Gasteiger partial charge is 0.289 e. The molecule has 0 amide bonds. The molecule has 0 atom stereocenters. The molecular weight excluding hydrogens is 286 g/mol. The predicted molar refractivity (Wildman–Crippen MR) is 73.8 cm³/mol. The zero-order chi connectivity index (χ0) is 15.3. The summed E-state index contributed by atoms with van der Waals surface area (Å²) in [5.74, 6) is 0. The van der Waals surface area contributed by atoms with Gasteiger partial charge in [0.1, 0.15) is 0 Å². The molecule has 0 aliphatic carbocycles. The largest absolute Gasteiger partial charge is 0.399 e. The second-order valence-corrected chi connectivity index (χ2v) is 6.02. The van der Waals surface area contributed by atoms with Gasteiger partial charge in [-0.1, -0.05) is 0 Å². The summed E-state index contributed by atoms with van der Waals surface area (Å²) in [6.45, 7) is 2.56. The van der Waals surface area contributed by atoms with Gasteiger partial charge < -0.3 is 10.5 Å². The van der Waals surface area contributed by atoms with E-state index in [4.69, 9.17) is 10.5 Å². The highest BCUT2D eigenvalue weighted by Crippen LogP contribution is 2.27. The van der Waals surface area contributed by atoms with Crippen molar-refractivity contribution in [2.75, 3.05) is 32.5 Å². The van der Waals surface area contributed by atoms with Gasteiger partial charge in [0.25, 0.3) is 5.69 Å². The summed E-state index contributed by atoms with van der Waals surface area (Å²) in [5, 5.41) is 10.9. The van der Waals surface area contributed by atoms with Crippen molar-refractivity contribution < 1.29 is 18.1 Å². The van der Waals surface area contributed by atoms with Gasteiger partial charge in [0.05, 0.1) is 11.5 Å². The van der Waals surface area contributed by atoms with Crippen LogP contribution in [0.5, 0.6) is 0 Å². The number of ether oxygens (including phenoxy) is 1. The number of hydrogen-bond acceptors (Lipinski definition) is 6. The number of rotatable bonds is 7. The molecule has 0 aliphatic heterocycles. The van der Waals surface area contributed by atoms with Crippen molar-refractivity contribution >= 4 is 21.4 Å². The van der Waals surface area contributed by atoms with E-state index < -0.39 is 25.5 Å². The van der Waals surface area contributed by atoms with Gasteiger partial charge in [-0.3, -0.25) is 10.1 Å². The minimum Gasteiger partial charge on any atom is -0.399 e. The maximum Gasteiger partial charge on any atom is 0.289 e. The maximum atomic E-state index is 12.3. The molecule has 1 aromatic rings. The maximum absolute atomic E-state index is 12.3. The molecule has 2 N–H and O–H groups in total. The number of nitro benzene ring substituents is 1. The van der Waals surface area contributed by atoms with Crippen molar-refractivity contribution in [3.63, 3.8) is 0 Å². The van der Waals surface area contributed by atoms with Crippen LogP contribution in [0.25, 0.3) is 0 Å². The van der Waals surface area contributed by atoms with Crippen LogP contribution in [0.3, 0.4) is 0 Å². The summed E-state index contributed by atoms with van der Waals surface area (Å²) in [4.78, 5) is 9.76. The molecule has 0 aromatic heterocycles. The Bertz CT molecular complexity index is 588. The van der Waals surface area contributed by atoms with Crippen LogP contribution in [0.15, 0.2) is 23.1 Å². The Morgan fingerprint density at radius 2 is 2.10 bits per heavy atom. The van der Waals surface area contributed by atoms with E-state index in [9.17, 15) is 18.5 Å². The summed E-state index contributed by atoms with van der Waals surface area (Å²) in [6.07, 6.45) is 0. The highest BCUT2D eigenvalue weighted by atomic mass is 32.2. The zero-order valence-electron chi connectivity index (χ0n) is 11.3. The second kappa shape index (κ2) is 6.64. The SMILES string of the molecule is CCOCCN(C)S(=O)(=O)c1cc(N)ccc1[N+](=O)[O-]. The minimum atomic E-state index is -3.99. The number of nitrogens with zero attached hydrogens (tertiary/aromatic N) is 2. The predicted octanol–water partition coefficient (Wildman–Crippen LogP) is 0.834. The Hall–Kier alpha value is -1.71. The molecule has 1 aromatic carbocycles. The normalized spacial score (nSPS) is 11.8. The minimum absolute atomic E-state index is 0.0993. The molecule has 0 aliphatic rings.